The molecule has 0 aromatic rings. The molecular formula is C12H22N4O6S2. The van der Waals surface area contributed by atoms with Gasteiger partial charge >= 0.3 is 24.0 Å². The van der Waals surface area contributed by atoms with Crippen molar-refractivity contribution in [2.45, 2.75) is 12.1 Å². The quantitative estimate of drug-likeness (QED) is 0.234. The van der Waals surface area contributed by atoms with Crippen molar-refractivity contribution in [1.82, 2.24) is 21.3 Å². The predicted octanol–water partition coefficient (Wildman–Crippen LogP) is -0.691. The highest BCUT2D eigenvalue weighted by Crippen LogP contribution is 2.23. The summed E-state index contributed by atoms with van der Waals surface area (Å²) in [7, 11) is 7.78. The molecule has 1 unspecified atom stereocenters. The molecule has 138 valence electrons. The Hall–Kier alpha value is -1.82. The highest BCUT2D eigenvalue weighted by Gasteiger charge is 2.24. The molecule has 4 N–H and O–H groups in total. The van der Waals surface area contributed by atoms with Crippen LogP contribution in [0.4, 0.5) is 9.59 Å². The minimum atomic E-state index is -0.837. The average Bonchev–Trinajstić information content (AvgIpc) is 2.60. The van der Waals surface area contributed by atoms with Crippen molar-refractivity contribution in [3.8, 4) is 0 Å². The van der Waals surface area contributed by atoms with Gasteiger partial charge in [-0.15, -0.1) is 0 Å². The molecule has 4 amide bonds. The van der Waals surface area contributed by atoms with Gasteiger partial charge < -0.3 is 30.7 Å². The Labute approximate surface area is 147 Å². The summed E-state index contributed by atoms with van der Waals surface area (Å²) in [6, 6.07) is -2.69. The number of esters is 2. The van der Waals surface area contributed by atoms with Crippen LogP contribution in [0.15, 0.2) is 0 Å². The average molecular weight is 382 g/mol. The van der Waals surface area contributed by atoms with Crippen LogP contribution >= 0.6 is 21.6 Å². The molecule has 24 heavy (non-hydrogen) atoms. The van der Waals surface area contributed by atoms with Gasteiger partial charge in [0.25, 0.3) is 0 Å². The van der Waals surface area contributed by atoms with Gasteiger partial charge in [0.05, 0.1) is 14.2 Å². The minimum Gasteiger partial charge on any atom is -0.467 e. The zero-order chi connectivity index (χ0) is 18.5. The van der Waals surface area contributed by atoms with Crippen molar-refractivity contribution in [1.29, 1.82) is 0 Å². The van der Waals surface area contributed by atoms with Crippen LogP contribution in [0.25, 0.3) is 0 Å². The van der Waals surface area contributed by atoms with E-state index in [2.05, 4.69) is 30.7 Å². The van der Waals surface area contributed by atoms with Crippen LogP contribution in [0.2, 0.25) is 0 Å². The molecular weight excluding hydrogens is 360 g/mol. The molecule has 0 bridgehead atoms. The maximum atomic E-state index is 11.6. The summed E-state index contributed by atoms with van der Waals surface area (Å²) in [5, 5.41) is 9.59. The second-order valence-electron chi connectivity index (χ2n) is 4.17. The van der Waals surface area contributed by atoms with E-state index in [1.165, 1.54) is 49.9 Å². The van der Waals surface area contributed by atoms with Crippen LogP contribution in [0.3, 0.4) is 0 Å². The Morgan fingerprint density at radius 2 is 1.12 bits per heavy atom. The summed E-state index contributed by atoms with van der Waals surface area (Å²) in [4.78, 5) is 45.8. The number of carbonyl (C=O) groups is 4. The lowest BCUT2D eigenvalue weighted by atomic mass is 10.3. The van der Waals surface area contributed by atoms with Crippen LogP contribution in [0.5, 0.6) is 0 Å². The van der Waals surface area contributed by atoms with E-state index >= 15 is 0 Å². The van der Waals surface area contributed by atoms with Crippen molar-refractivity contribution in [2.24, 2.45) is 0 Å². The topological polar surface area (TPSA) is 135 Å². The van der Waals surface area contributed by atoms with Gasteiger partial charge in [-0.05, 0) is 0 Å². The lowest BCUT2D eigenvalue weighted by molar-refractivity contribution is -0.143. The van der Waals surface area contributed by atoms with Gasteiger partial charge in [0.2, 0.25) is 0 Å². The van der Waals surface area contributed by atoms with Crippen LogP contribution in [0, 0.1) is 0 Å². The van der Waals surface area contributed by atoms with Gasteiger partial charge in [-0.1, -0.05) is 21.6 Å². The number of nitrogens with one attached hydrogen (secondary N) is 4. The molecule has 0 radical (unpaired) electrons. The third-order valence-corrected chi connectivity index (χ3v) is 5.01. The van der Waals surface area contributed by atoms with Gasteiger partial charge in [-0.25, -0.2) is 19.2 Å². The fourth-order valence-electron chi connectivity index (χ4n) is 1.31. The van der Waals surface area contributed by atoms with E-state index in [0.29, 0.717) is 0 Å². The molecule has 0 aromatic heterocycles. The number of urea groups is 2. The Kier molecular flexibility index (Phi) is 11.6. The molecule has 12 heteroatoms. The summed E-state index contributed by atoms with van der Waals surface area (Å²) >= 11 is 0. The SMILES string of the molecule is CNC(=O)NC(CSSC[C@H](NC(=O)NC)C(=O)OC)C(=O)OC. The van der Waals surface area contributed by atoms with Gasteiger partial charge in [0.1, 0.15) is 12.1 Å². The van der Waals surface area contributed by atoms with Crippen molar-refractivity contribution >= 4 is 45.6 Å². The Bertz CT molecular complexity index is 411. The molecule has 0 aliphatic rings. The van der Waals surface area contributed by atoms with Crippen LogP contribution < -0.4 is 21.3 Å². The molecule has 10 nitrogen and oxygen atoms in total. The standard InChI is InChI=1S/C12H22N4O6S2/c1-13-11(19)15-7(9(17)21-3)5-23-24-6-8(10(18)22-4)16-12(20)14-2/h7-8H,5-6H2,1-4H3,(H2,13,15,19)(H2,14,16,20)/t7-,8?/m0/s1. The number of amides is 4. The van der Waals surface area contributed by atoms with E-state index < -0.39 is 36.1 Å². The molecule has 0 fully saturated rings. The first-order valence-electron chi connectivity index (χ1n) is 6.76. The number of rotatable bonds is 9. The second-order valence-corrected chi connectivity index (χ2v) is 6.72. The third kappa shape index (κ3) is 8.72. The fraction of sp³-hybridized carbons (Fsp3) is 0.667. The van der Waals surface area contributed by atoms with Crippen molar-refractivity contribution in [3.63, 3.8) is 0 Å². The lowest BCUT2D eigenvalue weighted by Gasteiger charge is -2.17. The molecule has 0 spiro atoms. The van der Waals surface area contributed by atoms with E-state index in [9.17, 15) is 19.2 Å². The van der Waals surface area contributed by atoms with Crippen molar-refractivity contribution in [2.75, 3.05) is 39.8 Å². The minimum absolute atomic E-state index is 0.221. The first kappa shape index (κ1) is 22.2. The van der Waals surface area contributed by atoms with Crippen LogP contribution in [-0.2, 0) is 19.1 Å². The fourth-order valence-corrected chi connectivity index (χ4v) is 3.61. The Morgan fingerprint density at radius 1 is 0.792 bits per heavy atom. The van der Waals surface area contributed by atoms with E-state index in [-0.39, 0.29) is 11.5 Å². The number of carbonyl (C=O) groups excluding carboxylic acids is 4. The number of hydrogen-bond acceptors (Lipinski definition) is 8. The maximum absolute atomic E-state index is 11.6. The van der Waals surface area contributed by atoms with Crippen molar-refractivity contribution < 1.29 is 28.7 Å². The predicted molar refractivity (Wildman–Crippen MR) is 91.7 cm³/mol. The highest BCUT2D eigenvalue weighted by atomic mass is 33.1. The lowest BCUT2D eigenvalue weighted by Crippen LogP contribution is -2.47. The van der Waals surface area contributed by atoms with Gasteiger partial charge in [0, 0.05) is 25.6 Å². The molecule has 0 rings (SSSR count). The zero-order valence-electron chi connectivity index (χ0n) is 13.8. The molecule has 0 aromatic carbocycles. The normalized spacial score (nSPS) is 12.3. The van der Waals surface area contributed by atoms with E-state index in [1.807, 2.05) is 0 Å². The summed E-state index contributed by atoms with van der Waals surface area (Å²) in [6.45, 7) is 0. The van der Waals surface area contributed by atoms with Gasteiger partial charge in [0.15, 0.2) is 0 Å². The molecule has 0 heterocycles. The highest BCUT2D eigenvalue weighted by molar-refractivity contribution is 8.76. The van der Waals surface area contributed by atoms with Crippen LogP contribution in [0.1, 0.15) is 0 Å². The Balaban J connectivity index is 4.45. The van der Waals surface area contributed by atoms with E-state index in [4.69, 9.17) is 0 Å². The second kappa shape index (κ2) is 12.6. The molecule has 0 aliphatic carbocycles. The van der Waals surface area contributed by atoms with Crippen LogP contribution in [-0.4, -0.2) is 75.9 Å². The Morgan fingerprint density at radius 3 is 1.38 bits per heavy atom. The van der Waals surface area contributed by atoms with E-state index in [0.717, 1.165) is 0 Å². The molecule has 0 saturated heterocycles. The molecule has 2 atom stereocenters. The summed E-state index contributed by atoms with van der Waals surface area (Å²) in [5.74, 6) is -0.725. The van der Waals surface area contributed by atoms with Gasteiger partial charge in [-0.3, -0.25) is 0 Å². The smallest absolute Gasteiger partial charge is 0.329 e. The third-order valence-electron chi connectivity index (χ3n) is 2.59. The molecule has 0 aliphatic heterocycles. The van der Waals surface area contributed by atoms with Crippen molar-refractivity contribution in [3.05, 3.63) is 0 Å². The summed E-state index contributed by atoms with van der Waals surface area (Å²) in [6.07, 6.45) is 0. The maximum Gasteiger partial charge on any atom is 0.329 e. The number of methoxy groups -OCH3 is 2. The summed E-state index contributed by atoms with van der Waals surface area (Å²) in [5.41, 5.74) is 0. The first-order valence-corrected chi connectivity index (χ1v) is 9.24. The number of ether oxygens (including phenoxy) is 2. The zero-order valence-corrected chi connectivity index (χ0v) is 15.5. The van der Waals surface area contributed by atoms with Gasteiger partial charge in [-0.2, -0.15) is 0 Å². The number of hydrogen-bond donors (Lipinski definition) is 4. The largest absolute Gasteiger partial charge is 0.467 e. The monoisotopic (exact) mass is 382 g/mol. The van der Waals surface area contributed by atoms with E-state index in [1.54, 1.807) is 0 Å². The first-order chi connectivity index (χ1) is 11.4. The summed E-state index contributed by atoms with van der Waals surface area (Å²) < 4.78 is 9.23. The molecule has 0 saturated carbocycles.